The van der Waals surface area contributed by atoms with E-state index in [2.05, 4.69) is 16.4 Å². The molecular weight excluding hydrogens is 266 g/mol. The van der Waals surface area contributed by atoms with Crippen molar-refractivity contribution in [3.8, 4) is 0 Å². The zero-order chi connectivity index (χ0) is 14.8. The van der Waals surface area contributed by atoms with E-state index in [1.54, 1.807) is 18.3 Å². The number of aryl methyl sites for hydroxylation is 2. The summed E-state index contributed by atoms with van der Waals surface area (Å²) in [5, 5.41) is 14.4. The van der Waals surface area contributed by atoms with Gasteiger partial charge in [0.1, 0.15) is 0 Å². The fraction of sp³-hybridized carbons (Fsp3) is 0.312. The molecule has 0 fully saturated rings. The monoisotopic (exact) mass is 283 g/mol. The first-order chi connectivity index (χ1) is 10.1. The van der Waals surface area contributed by atoms with E-state index < -0.39 is 0 Å². The number of hydrogen-bond donors (Lipinski definition) is 1. The lowest BCUT2D eigenvalue weighted by atomic mass is 9.91. The van der Waals surface area contributed by atoms with Gasteiger partial charge in [0, 0.05) is 24.0 Å². The van der Waals surface area contributed by atoms with Crippen LogP contribution in [0.3, 0.4) is 0 Å². The number of nitrogens with one attached hydrogen (secondary N) is 1. The van der Waals surface area contributed by atoms with Gasteiger partial charge in [-0.1, -0.05) is 12.1 Å². The Bertz CT molecular complexity index is 685. The van der Waals surface area contributed by atoms with Gasteiger partial charge in [-0.3, -0.25) is 15.1 Å². The number of nitrogens with zero attached hydrogens (tertiary/aromatic N) is 2. The lowest BCUT2D eigenvalue weighted by Crippen LogP contribution is -2.19. The molecular formula is C16H17N3O2. The number of benzene rings is 1. The largest absolute Gasteiger partial charge is 0.376 e. The molecule has 1 aliphatic carbocycles. The van der Waals surface area contributed by atoms with Gasteiger partial charge in [-0.15, -0.1) is 0 Å². The van der Waals surface area contributed by atoms with Crippen molar-refractivity contribution in [1.82, 2.24) is 4.98 Å². The summed E-state index contributed by atoms with van der Waals surface area (Å²) < 4.78 is 0. The Morgan fingerprint density at radius 1 is 1.38 bits per heavy atom. The average Bonchev–Trinajstić information content (AvgIpc) is 2.49. The van der Waals surface area contributed by atoms with Crippen molar-refractivity contribution in [3.63, 3.8) is 0 Å². The Morgan fingerprint density at radius 3 is 3.05 bits per heavy atom. The van der Waals surface area contributed by atoms with Crippen LogP contribution in [0.2, 0.25) is 0 Å². The third-order valence-corrected chi connectivity index (χ3v) is 3.96. The molecule has 21 heavy (non-hydrogen) atoms. The maximum absolute atomic E-state index is 10.9. The second-order valence-electron chi connectivity index (χ2n) is 5.39. The third-order valence-electron chi connectivity index (χ3n) is 3.96. The van der Waals surface area contributed by atoms with E-state index in [-0.39, 0.29) is 16.7 Å². The maximum atomic E-state index is 10.9. The lowest BCUT2D eigenvalue weighted by molar-refractivity contribution is -0.384. The maximum Gasteiger partial charge on any atom is 0.271 e. The van der Waals surface area contributed by atoms with Gasteiger partial charge in [0.15, 0.2) is 0 Å². The van der Waals surface area contributed by atoms with E-state index in [4.69, 9.17) is 0 Å². The zero-order valence-electron chi connectivity index (χ0n) is 11.9. The second-order valence-corrected chi connectivity index (χ2v) is 5.39. The normalized spacial score (nSPS) is 17.1. The topological polar surface area (TPSA) is 68.1 Å². The molecule has 1 heterocycles. The van der Waals surface area contributed by atoms with Crippen molar-refractivity contribution in [1.29, 1.82) is 0 Å². The molecule has 0 amide bonds. The second kappa shape index (κ2) is 5.52. The van der Waals surface area contributed by atoms with Crippen molar-refractivity contribution >= 4 is 11.4 Å². The number of nitro groups is 1. The highest BCUT2D eigenvalue weighted by Gasteiger charge is 2.22. The van der Waals surface area contributed by atoms with Crippen LogP contribution in [0.15, 0.2) is 36.5 Å². The number of pyridine rings is 1. The van der Waals surface area contributed by atoms with Crippen LogP contribution in [0.25, 0.3) is 0 Å². The molecule has 0 saturated carbocycles. The summed E-state index contributed by atoms with van der Waals surface area (Å²) in [6.45, 7) is 1.95. The molecule has 1 unspecified atom stereocenters. The number of fused-ring (bicyclic) bond motifs is 1. The first kappa shape index (κ1) is 13.5. The summed E-state index contributed by atoms with van der Waals surface area (Å²) in [6, 6.07) is 9.11. The minimum Gasteiger partial charge on any atom is -0.376 e. The molecule has 0 aliphatic heterocycles. The van der Waals surface area contributed by atoms with E-state index >= 15 is 0 Å². The van der Waals surface area contributed by atoms with Crippen molar-refractivity contribution in [2.75, 3.05) is 5.32 Å². The summed E-state index contributed by atoms with van der Waals surface area (Å²) in [4.78, 5) is 15.0. The number of rotatable bonds is 3. The van der Waals surface area contributed by atoms with Crippen LogP contribution in [-0.2, 0) is 6.42 Å². The molecule has 1 aromatic heterocycles. The van der Waals surface area contributed by atoms with Gasteiger partial charge < -0.3 is 5.32 Å². The summed E-state index contributed by atoms with van der Waals surface area (Å²) in [7, 11) is 0. The average molecular weight is 283 g/mol. The van der Waals surface area contributed by atoms with E-state index in [1.165, 1.54) is 11.6 Å². The minimum atomic E-state index is -0.363. The molecule has 5 nitrogen and oxygen atoms in total. The summed E-state index contributed by atoms with van der Waals surface area (Å²) in [5.74, 6) is 0. The van der Waals surface area contributed by atoms with E-state index in [9.17, 15) is 10.1 Å². The zero-order valence-corrected chi connectivity index (χ0v) is 11.9. The van der Waals surface area contributed by atoms with E-state index in [0.717, 1.165) is 36.2 Å². The number of anilines is 1. The highest BCUT2D eigenvalue weighted by molar-refractivity contribution is 5.58. The van der Waals surface area contributed by atoms with Crippen LogP contribution in [0.4, 0.5) is 11.4 Å². The van der Waals surface area contributed by atoms with E-state index in [1.807, 2.05) is 13.0 Å². The first-order valence-corrected chi connectivity index (χ1v) is 7.10. The molecule has 1 aliphatic rings. The standard InChI is InChI=1S/C16H17N3O2/c1-11-7-8-13(19(20)21)10-15(11)18-14-6-2-4-12-5-3-9-17-16(12)14/h3,5,7-10,14,18H,2,4,6H2,1H3. The summed E-state index contributed by atoms with van der Waals surface area (Å²) >= 11 is 0. The van der Waals surface area contributed by atoms with Crippen LogP contribution < -0.4 is 5.32 Å². The van der Waals surface area contributed by atoms with Gasteiger partial charge in [0.2, 0.25) is 0 Å². The van der Waals surface area contributed by atoms with Crippen LogP contribution >= 0.6 is 0 Å². The molecule has 1 N–H and O–H groups in total. The molecule has 5 heteroatoms. The van der Waals surface area contributed by atoms with Crippen LogP contribution in [-0.4, -0.2) is 9.91 Å². The fourth-order valence-electron chi connectivity index (χ4n) is 2.82. The Morgan fingerprint density at radius 2 is 2.24 bits per heavy atom. The number of non-ortho nitro benzene ring substituents is 1. The van der Waals surface area contributed by atoms with Crippen molar-refractivity contribution in [2.24, 2.45) is 0 Å². The molecule has 1 aromatic carbocycles. The summed E-state index contributed by atoms with van der Waals surface area (Å²) in [5.41, 5.74) is 4.26. The molecule has 108 valence electrons. The van der Waals surface area contributed by atoms with Crippen molar-refractivity contribution in [2.45, 2.75) is 32.2 Å². The molecule has 0 saturated heterocycles. The Labute approximate surface area is 123 Å². The number of aromatic nitrogens is 1. The molecule has 2 aromatic rings. The number of nitro benzene ring substituents is 1. The smallest absolute Gasteiger partial charge is 0.271 e. The van der Waals surface area contributed by atoms with Gasteiger partial charge in [-0.25, -0.2) is 0 Å². The van der Waals surface area contributed by atoms with Crippen LogP contribution in [0, 0.1) is 17.0 Å². The SMILES string of the molecule is Cc1ccc([N+](=O)[O-])cc1NC1CCCc2cccnc21. The Kier molecular flexibility index (Phi) is 3.56. The van der Waals surface area contributed by atoms with Gasteiger partial charge in [0.25, 0.3) is 5.69 Å². The Hall–Kier alpha value is -2.43. The van der Waals surface area contributed by atoms with Crippen molar-refractivity contribution < 1.29 is 4.92 Å². The Balaban J connectivity index is 1.91. The van der Waals surface area contributed by atoms with Gasteiger partial charge in [-0.05, 0) is 43.4 Å². The summed E-state index contributed by atoms with van der Waals surface area (Å²) in [6.07, 6.45) is 4.95. The number of hydrogen-bond acceptors (Lipinski definition) is 4. The van der Waals surface area contributed by atoms with Gasteiger partial charge >= 0.3 is 0 Å². The highest BCUT2D eigenvalue weighted by atomic mass is 16.6. The molecule has 0 bridgehead atoms. The van der Waals surface area contributed by atoms with E-state index in [0.29, 0.717) is 0 Å². The van der Waals surface area contributed by atoms with Crippen molar-refractivity contribution in [3.05, 3.63) is 63.5 Å². The minimum absolute atomic E-state index is 0.111. The van der Waals surface area contributed by atoms with Crippen LogP contribution in [0.1, 0.15) is 35.7 Å². The lowest BCUT2D eigenvalue weighted by Gasteiger charge is -2.26. The van der Waals surface area contributed by atoms with Gasteiger partial charge in [-0.2, -0.15) is 0 Å². The quantitative estimate of drug-likeness (QED) is 0.687. The molecule has 0 spiro atoms. The molecule has 1 atom stereocenters. The fourth-order valence-corrected chi connectivity index (χ4v) is 2.82. The van der Waals surface area contributed by atoms with Gasteiger partial charge in [0.05, 0.1) is 16.7 Å². The highest BCUT2D eigenvalue weighted by Crippen LogP contribution is 2.32. The molecule has 3 rings (SSSR count). The first-order valence-electron chi connectivity index (χ1n) is 7.10. The predicted octanol–water partition coefficient (Wildman–Crippen LogP) is 3.79. The van der Waals surface area contributed by atoms with Crippen LogP contribution in [0.5, 0.6) is 0 Å². The predicted molar refractivity (Wildman–Crippen MR) is 81.4 cm³/mol. The molecule has 0 radical (unpaired) electrons. The third kappa shape index (κ3) is 2.72.